The zero-order valence-electron chi connectivity index (χ0n) is 8.78. The molecule has 4 heteroatoms. The molecule has 0 heterocycles. The van der Waals surface area contributed by atoms with Crippen LogP contribution in [0.5, 0.6) is 0 Å². The van der Waals surface area contributed by atoms with E-state index in [2.05, 4.69) is 15.9 Å². The Bertz CT molecular complexity index is 583. The molecule has 2 aromatic carbocycles. The van der Waals surface area contributed by atoms with E-state index in [1.165, 1.54) is 12.1 Å². The van der Waals surface area contributed by atoms with E-state index in [9.17, 15) is 9.18 Å². The summed E-state index contributed by atoms with van der Waals surface area (Å²) in [5.74, 6) is -0.880. The number of hydrogen-bond donors (Lipinski definition) is 1. The van der Waals surface area contributed by atoms with Gasteiger partial charge in [0, 0.05) is 15.7 Å². The summed E-state index contributed by atoms with van der Waals surface area (Å²) in [6.45, 7) is 0. The lowest BCUT2D eigenvalue weighted by molar-refractivity contribution is 0.103. The van der Waals surface area contributed by atoms with E-state index in [0.29, 0.717) is 15.7 Å². The van der Waals surface area contributed by atoms with Gasteiger partial charge in [-0.3, -0.25) is 4.79 Å². The highest BCUT2D eigenvalue weighted by molar-refractivity contribution is 9.10. The summed E-state index contributed by atoms with van der Waals surface area (Å²) < 4.78 is 14.1. The molecule has 0 spiro atoms. The molecule has 2 nitrogen and oxygen atoms in total. The lowest BCUT2D eigenvalue weighted by Crippen LogP contribution is -2.04. The molecule has 0 fully saturated rings. The first-order chi connectivity index (χ1) is 8.09. The Hall–Kier alpha value is -1.68. The van der Waals surface area contributed by atoms with Crippen LogP contribution in [0.15, 0.2) is 46.9 Å². The van der Waals surface area contributed by atoms with Crippen LogP contribution in [-0.4, -0.2) is 5.78 Å². The Balaban J connectivity index is 2.44. The highest BCUT2D eigenvalue weighted by Gasteiger charge is 2.13. The third-order valence-electron chi connectivity index (χ3n) is 2.38. The first-order valence-corrected chi connectivity index (χ1v) is 5.73. The topological polar surface area (TPSA) is 43.1 Å². The summed E-state index contributed by atoms with van der Waals surface area (Å²) in [5, 5.41) is 0. The fourth-order valence-corrected chi connectivity index (χ4v) is 1.85. The maximum absolute atomic E-state index is 13.4. The molecule has 0 saturated heterocycles. The Labute approximate surface area is 106 Å². The lowest BCUT2D eigenvalue weighted by atomic mass is 10.0. The predicted octanol–water partition coefficient (Wildman–Crippen LogP) is 3.40. The van der Waals surface area contributed by atoms with E-state index in [1.807, 2.05) is 0 Å². The SMILES string of the molecule is Nc1ccc(C(=O)c2ccccc2F)cc1Br. The first-order valence-electron chi connectivity index (χ1n) is 4.94. The van der Waals surface area contributed by atoms with E-state index < -0.39 is 5.82 Å². The molecule has 2 rings (SSSR count). The van der Waals surface area contributed by atoms with Crippen LogP contribution in [0.4, 0.5) is 10.1 Å². The maximum atomic E-state index is 13.4. The van der Waals surface area contributed by atoms with Gasteiger partial charge in [0.05, 0.1) is 5.56 Å². The highest BCUT2D eigenvalue weighted by Crippen LogP contribution is 2.22. The molecule has 0 amide bonds. The molecule has 0 unspecified atom stereocenters. The van der Waals surface area contributed by atoms with Crippen LogP contribution in [0.25, 0.3) is 0 Å². The highest BCUT2D eigenvalue weighted by atomic mass is 79.9. The average molecular weight is 294 g/mol. The van der Waals surface area contributed by atoms with Crippen molar-refractivity contribution in [3.8, 4) is 0 Å². The molecule has 0 bridgehead atoms. The molecular weight excluding hydrogens is 285 g/mol. The summed E-state index contributed by atoms with van der Waals surface area (Å²) in [6.07, 6.45) is 0. The number of halogens is 2. The second-order valence-electron chi connectivity index (χ2n) is 3.55. The number of nitrogen functional groups attached to an aromatic ring is 1. The van der Waals surface area contributed by atoms with Crippen molar-refractivity contribution in [3.05, 3.63) is 63.9 Å². The summed E-state index contributed by atoms with van der Waals surface area (Å²) in [7, 11) is 0. The van der Waals surface area contributed by atoms with Gasteiger partial charge in [0.1, 0.15) is 5.82 Å². The van der Waals surface area contributed by atoms with Crippen molar-refractivity contribution in [2.24, 2.45) is 0 Å². The van der Waals surface area contributed by atoms with Gasteiger partial charge < -0.3 is 5.73 Å². The minimum Gasteiger partial charge on any atom is -0.398 e. The minimum absolute atomic E-state index is 0.0594. The number of anilines is 1. The Morgan fingerprint density at radius 3 is 2.53 bits per heavy atom. The molecule has 0 atom stereocenters. The van der Waals surface area contributed by atoms with Crippen molar-refractivity contribution in [2.75, 3.05) is 5.73 Å². The van der Waals surface area contributed by atoms with Crippen LogP contribution in [0.2, 0.25) is 0 Å². The number of nitrogens with two attached hydrogens (primary N) is 1. The molecule has 0 aliphatic heterocycles. The summed E-state index contributed by atoms with van der Waals surface area (Å²) in [4.78, 5) is 12.0. The van der Waals surface area contributed by atoms with Gasteiger partial charge in [-0.15, -0.1) is 0 Å². The van der Waals surface area contributed by atoms with Gasteiger partial charge in [-0.2, -0.15) is 0 Å². The van der Waals surface area contributed by atoms with Crippen LogP contribution in [0, 0.1) is 5.82 Å². The number of benzene rings is 2. The van der Waals surface area contributed by atoms with E-state index >= 15 is 0 Å². The summed E-state index contributed by atoms with van der Waals surface area (Å²) >= 11 is 3.23. The van der Waals surface area contributed by atoms with Crippen molar-refractivity contribution in [1.82, 2.24) is 0 Å². The third kappa shape index (κ3) is 2.36. The van der Waals surface area contributed by atoms with Gasteiger partial charge >= 0.3 is 0 Å². The van der Waals surface area contributed by atoms with Crippen molar-refractivity contribution >= 4 is 27.4 Å². The average Bonchev–Trinajstić information content (AvgIpc) is 2.32. The molecule has 0 radical (unpaired) electrons. The van der Waals surface area contributed by atoms with Crippen LogP contribution in [0.3, 0.4) is 0 Å². The van der Waals surface area contributed by atoms with Crippen molar-refractivity contribution < 1.29 is 9.18 Å². The zero-order chi connectivity index (χ0) is 12.4. The van der Waals surface area contributed by atoms with E-state index in [-0.39, 0.29) is 11.3 Å². The third-order valence-corrected chi connectivity index (χ3v) is 3.07. The van der Waals surface area contributed by atoms with Crippen LogP contribution < -0.4 is 5.73 Å². The molecule has 0 aliphatic rings. The molecule has 2 N–H and O–H groups in total. The van der Waals surface area contributed by atoms with Gasteiger partial charge in [0.25, 0.3) is 0 Å². The standard InChI is InChI=1S/C13H9BrFNO/c14-10-7-8(5-6-12(10)16)13(17)9-3-1-2-4-11(9)15/h1-7H,16H2. The largest absolute Gasteiger partial charge is 0.398 e. The fourth-order valence-electron chi connectivity index (χ4n) is 1.47. The quantitative estimate of drug-likeness (QED) is 0.681. The molecule has 2 aromatic rings. The number of hydrogen-bond acceptors (Lipinski definition) is 2. The number of rotatable bonds is 2. The Kier molecular flexibility index (Phi) is 3.24. The van der Waals surface area contributed by atoms with Gasteiger partial charge in [0.15, 0.2) is 5.78 Å². The van der Waals surface area contributed by atoms with Crippen LogP contribution >= 0.6 is 15.9 Å². The zero-order valence-corrected chi connectivity index (χ0v) is 10.4. The summed E-state index contributed by atoms with van der Waals surface area (Å²) in [6, 6.07) is 10.7. The van der Waals surface area contributed by atoms with E-state index in [0.717, 1.165) is 0 Å². The smallest absolute Gasteiger partial charge is 0.196 e. The Morgan fingerprint density at radius 2 is 1.88 bits per heavy atom. The van der Waals surface area contributed by atoms with Gasteiger partial charge in [-0.05, 0) is 46.3 Å². The second kappa shape index (κ2) is 4.67. The number of carbonyl (C=O) groups is 1. The molecule has 0 aliphatic carbocycles. The second-order valence-corrected chi connectivity index (χ2v) is 4.40. The normalized spacial score (nSPS) is 10.2. The molecule has 17 heavy (non-hydrogen) atoms. The Morgan fingerprint density at radius 1 is 1.18 bits per heavy atom. The number of carbonyl (C=O) groups excluding carboxylic acids is 1. The molecule has 86 valence electrons. The van der Waals surface area contributed by atoms with Gasteiger partial charge in [-0.25, -0.2) is 4.39 Å². The molecule has 0 saturated carbocycles. The summed E-state index contributed by atoms with van der Waals surface area (Å²) in [5.41, 5.74) is 6.62. The first kappa shape index (κ1) is 11.8. The monoisotopic (exact) mass is 293 g/mol. The van der Waals surface area contributed by atoms with E-state index in [4.69, 9.17) is 5.73 Å². The van der Waals surface area contributed by atoms with Gasteiger partial charge in [0.2, 0.25) is 0 Å². The van der Waals surface area contributed by atoms with Crippen molar-refractivity contribution in [3.63, 3.8) is 0 Å². The minimum atomic E-state index is -0.523. The van der Waals surface area contributed by atoms with Crippen LogP contribution in [-0.2, 0) is 0 Å². The maximum Gasteiger partial charge on any atom is 0.196 e. The predicted molar refractivity (Wildman–Crippen MR) is 68.4 cm³/mol. The molecular formula is C13H9BrFNO. The number of ketones is 1. The molecule has 0 aromatic heterocycles. The van der Waals surface area contributed by atoms with E-state index in [1.54, 1.807) is 30.3 Å². The van der Waals surface area contributed by atoms with Crippen LogP contribution in [0.1, 0.15) is 15.9 Å². The van der Waals surface area contributed by atoms with Crippen molar-refractivity contribution in [1.29, 1.82) is 0 Å². The van der Waals surface area contributed by atoms with Crippen molar-refractivity contribution in [2.45, 2.75) is 0 Å². The van der Waals surface area contributed by atoms with Gasteiger partial charge in [-0.1, -0.05) is 12.1 Å². The lowest BCUT2D eigenvalue weighted by Gasteiger charge is -2.04. The fraction of sp³-hybridized carbons (Fsp3) is 0.